The lowest BCUT2D eigenvalue weighted by Gasteiger charge is -2.53. The standard InChI is InChI=1S/C14H22O7/c1-13(18-4)14(2,19-5)21-11-9(15)6-8(12(16)17-3)7-10(11)20-13/h6,9-11,15H,7H2,1-5H3/t9-,10-,11+,13+,14+/m1/s1. The fourth-order valence-corrected chi connectivity index (χ4v) is 2.69. The smallest absolute Gasteiger partial charge is 0.333 e. The van der Waals surface area contributed by atoms with Gasteiger partial charge in [-0.25, -0.2) is 4.79 Å². The van der Waals surface area contributed by atoms with E-state index in [1.165, 1.54) is 27.4 Å². The van der Waals surface area contributed by atoms with Gasteiger partial charge in [0.25, 0.3) is 0 Å². The summed E-state index contributed by atoms with van der Waals surface area (Å²) in [6, 6.07) is 0. The van der Waals surface area contributed by atoms with Crippen molar-refractivity contribution in [1.82, 2.24) is 0 Å². The highest BCUT2D eigenvalue weighted by molar-refractivity contribution is 5.88. The van der Waals surface area contributed by atoms with Gasteiger partial charge in [0.1, 0.15) is 12.2 Å². The van der Waals surface area contributed by atoms with Crippen molar-refractivity contribution in [2.75, 3.05) is 21.3 Å². The number of esters is 1. The van der Waals surface area contributed by atoms with Crippen LogP contribution in [0.3, 0.4) is 0 Å². The highest BCUT2D eigenvalue weighted by Crippen LogP contribution is 2.43. The predicted octanol–water partition coefficient (Wildman–Crippen LogP) is 0.360. The van der Waals surface area contributed by atoms with Crippen LogP contribution >= 0.6 is 0 Å². The van der Waals surface area contributed by atoms with Crippen molar-refractivity contribution in [3.05, 3.63) is 11.6 Å². The molecule has 0 radical (unpaired) electrons. The SMILES string of the molecule is COC(=O)C1=C[C@@H](O)[C@@H]2O[C@](C)(OC)[C@@](C)(OC)O[C@@H]2C1. The first-order valence-electron chi connectivity index (χ1n) is 6.73. The van der Waals surface area contributed by atoms with E-state index in [9.17, 15) is 9.90 Å². The average Bonchev–Trinajstić information content (AvgIpc) is 2.48. The monoisotopic (exact) mass is 302 g/mol. The second-order valence-corrected chi connectivity index (χ2v) is 5.42. The second-order valence-electron chi connectivity index (χ2n) is 5.42. The van der Waals surface area contributed by atoms with Gasteiger partial charge in [0.05, 0.1) is 13.2 Å². The lowest BCUT2D eigenvalue weighted by molar-refractivity contribution is -0.453. The molecule has 1 aliphatic carbocycles. The molecule has 0 aromatic rings. The molecule has 7 heteroatoms. The Bertz CT molecular complexity index is 449. The third kappa shape index (κ3) is 2.60. The maximum atomic E-state index is 11.6. The van der Waals surface area contributed by atoms with E-state index in [0.717, 1.165) is 0 Å². The van der Waals surface area contributed by atoms with Crippen LogP contribution in [-0.4, -0.2) is 62.3 Å². The molecule has 0 aromatic carbocycles. The van der Waals surface area contributed by atoms with Gasteiger partial charge in [0.2, 0.25) is 11.6 Å². The highest BCUT2D eigenvalue weighted by atomic mass is 16.8. The van der Waals surface area contributed by atoms with Crippen molar-refractivity contribution in [3.63, 3.8) is 0 Å². The van der Waals surface area contributed by atoms with E-state index >= 15 is 0 Å². The molecule has 1 aliphatic heterocycles. The van der Waals surface area contributed by atoms with Gasteiger partial charge in [-0.05, 0) is 19.9 Å². The van der Waals surface area contributed by atoms with Crippen molar-refractivity contribution in [3.8, 4) is 0 Å². The summed E-state index contributed by atoms with van der Waals surface area (Å²) in [6.07, 6.45) is -0.470. The first kappa shape index (κ1) is 16.4. The molecular formula is C14H22O7. The molecule has 0 bridgehead atoms. The van der Waals surface area contributed by atoms with Crippen molar-refractivity contribution in [1.29, 1.82) is 0 Å². The first-order chi connectivity index (χ1) is 9.80. The van der Waals surface area contributed by atoms with Crippen molar-refractivity contribution >= 4 is 5.97 Å². The number of rotatable bonds is 3. The van der Waals surface area contributed by atoms with E-state index in [0.29, 0.717) is 5.57 Å². The molecule has 1 saturated heterocycles. The molecule has 0 spiro atoms. The van der Waals surface area contributed by atoms with Crippen LogP contribution in [0, 0.1) is 0 Å². The number of carbonyl (C=O) groups excluding carboxylic acids is 1. The van der Waals surface area contributed by atoms with Crippen LogP contribution in [0.15, 0.2) is 11.6 Å². The maximum Gasteiger partial charge on any atom is 0.333 e. The van der Waals surface area contributed by atoms with Gasteiger partial charge in [-0.1, -0.05) is 0 Å². The van der Waals surface area contributed by atoms with Crippen molar-refractivity contribution in [2.45, 2.75) is 50.2 Å². The molecule has 0 unspecified atom stereocenters. The van der Waals surface area contributed by atoms with Gasteiger partial charge in [0.15, 0.2) is 0 Å². The summed E-state index contributed by atoms with van der Waals surface area (Å²) in [7, 11) is 4.25. The Morgan fingerprint density at radius 1 is 1.24 bits per heavy atom. The molecule has 0 saturated carbocycles. The van der Waals surface area contributed by atoms with Crippen LogP contribution in [0.1, 0.15) is 20.3 Å². The van der Waals surface area contributed by atoms with E-state index < -0.39 is 35.9 Å². The molecule has 2 rings (SSSR count). The number of carbonyl (C=O) groups is 1. The zero-order chi connectivity index (χ0) is 15.8. The summed E-state index contributed by atoms with van der Waals surface area (Å²) in [5.74, 6) is -2.84. The number of methoxy groups -OCH3 is 3. The number of hydrogen-bond donors (Lipinski definition) is 1. The van der Waals surface area contributed by atoms with Crippen LogP contribution in [0.2, 0.25) is 0 Å². The van der Waals surface area contributed by atoms with Crippen LogP contribution in [0.5, 0.6) is 0 Å². The van der Waals surface area contributed by atoms with E-state index in [1.54, 1.807) is 13.8 Å². The number of ether oxygens (including phenoxy) is 5. The largest absolute Gasteiger partial charge is 0.466 e. The van der Waals surface area contributed by atoms with Crippen molar-refractivity contribution < 1.29 is 33.6 Å². The quantitative estimate of drug-likeness (QED) is 0.754. The fraction of sp³-hybridized carbons (Fsp3) is 0.786. The van der Waals surface area contributed by atoms with Crippen LogP contribution < -0.4 is 0 Å². The molecule has 1 fully saturated rings. The normalized spacial score (nSPS) is 43.0. The maximum absolute atomic E-state index is 11.6. The Labute approximate surface area is 123 Å². The predicted molar refractivity (Wildman–Crippen MR) is 71.3 cm³/mol. The zero-order valence-electron chi connectivity index (χ0n) is 12.9. The van der Waals surface area contributed by atoms with Gasteiger partial charge in [0, 0.05) is 26.2 Å². The van der Waals surface area contributed by atoms with E-state index in [2.05, 4.69) is 4.74 Å². The second kappa shape index (κ2) is 5.66. The van der Waals surface area contributed by atoms with Gasteiger partial charge < -0.3 is 28.8 Å². The van der Waals surface area contributed by atoms with E-state index in [1.807, 2.05) is 0 Å². The third-order valence-electron chi connectivity index (χ3n) is 4.28. The Morgan fingerprint density at radius 2 is 1.81 bits per heavy atom. The third-order valence-corrected chi connectivity index (χ3v) is 4.28. The minimum atomic E-state index is -1.18. The summed E-state index contributed by atoms with van der Waals surface area (Å²) < 4.78 is 27.3. The molecule has 1 heterocycles. The van der Waals surface area contributed by atoms with Crippen molar-refractivity contribution in [2.24, 2.45) is 0 Å². The molecular weight excluding hydrogens is 280 g/mol. The Kier molecular flexibility index (Phi) is 4.41. The Hall–Kier alpha value is -0.990. The number of aliphatic hydroxyl groups is 1. The number of aliphatic hydroxyl groups excluding tert-OH is 1. The van der Waals surface area contributed by atoms with Crippen LogP contribution in [-0.2, 0) is 28.5 Å². The van der Waals surface area contributed by atoms with E-state index in [4.69, 9.17) is 18.9 Å². The zero-order valence-corrected chi connectivity index (χ0v) is 12.9. The molecule has 0 aromatic heterocycles. The molecule has 0 amide bonds. The van der Waals surface area contributed by atoms with Gasteiger partial charge in [-0.15, -0.1) is 0 Å². The molecule has 1 N–H and O–H groups in total. The van der Waals surface area contributed by atoms with Crippen LogP contribution in [0.25, 0.3) is 0 Å². The Balaban J connectivity index is 2.30. The topological polar surface area (TPSA) is 83.5 Å². The summed E-state index contributed by atoms with van der Waals surface area (Å²) in [5.41, 5.74) is 0.356. The molecule has 5 atom stereocenters. The molecule has 2 aliphatic rings. The average molecular weight is 302 g/mol. The highest BCUT2D eigenvalue weighted by Gasteiger charge is 2.58. The van der Waals surface area contributed by atoms with Crippen LogP contribution in [0.4, 0.5) is 0 Å². The fourth-order valence-electron chi connectivity index (χ4n) is 2.69. The first-order valence-corrected chi connectivity index (χ1v) is 6.73. The van der Waals surface area contributed by atoms with Gasteiger partial charge in [-0.2, -0.15) is 0 Å². The van der Waals surface area contributed by atoms with E-state index in [-0.39, 0.29) is 6.42 Å². The lowest BCUT2D eigenvalue weighted by Crippen LogP contribution is -2.67. The van der Waals surface area contributed by atoms with Gasteiger partial charge in [-0.3, -0.25) is 0 Å². The summed E-state index contributed by atoms with van der Waals surface area (Å²) >= 11 is 0. The summed E-state index contributed by atoms with van der Waals surface area (Å²) in [5, 5.41) is 10.2. The number of hydrogen-bond acceptors (Lipinski definition) is 7. The molecule has 120 valence electrons. The Morgan fingerprint density at radius 3 is 2.33 bits per heavy atom. The summed E-state index contributed by atoms with van der Waals surface area (Å²) in [6.45, 7) is 3.37. The minimum Gasteiger partial charge on any atom is -0.466 e. The number of fused-ring (bicyclic) bond motifs is 1. The molecule has 21 heavy (non-hydrogen) atoms. The summed E-state index contributed by atoms with van der Waals surface area (Å²) in [4.78, 5) is 11.6. The van der Waals surface area contributed by atoms with Gasteiger partial charge >= 0.3 is 5.97 Å². The lowest BCUT2D eigenvalue weighted by atomic mass is 9.89. The molecule has 7 nitrogen and oxygen atoms in total. The minimum absolute atomic E-state index is 0.271.